The van der Waals surface area contributed by atoms with E-state index in [1.807, 2.05) is 24.4 Å². The lowest BCUT2D eigenvalue weighted by atomic mass is 10.1. The topological polar surface area (TPSA) is 51.4 Å². The minimum atomic E-state index is 0.259. The second-order valence-electron chi connectivity index (χ2n) is 5.12. The van der Waals surface area contributed by atoms with Crippen molar-refractivity contribution in [3.8, 4) is 0 Å². The fourth-order valence-electron chi connectivity index (χ4n) is 2.90. The molecule has 1 aliphatic heterocycles. The van der Waals surface area contributed by atoms with Gasteiger partial charge in [0, 0.05) is 30.9 Å². The molecule has 1 aliphatic rings. The molecule has 1 aromatic heterocycles. The third-order valence-electron chi connectivity index (χ3n) is 3.99. The second-order valence-corrected chi connectivity index (χ2v) is 5.12. The van der Waals surface area contributed by atoms with Crippen LogP contribution in [0.3, 0.4) is 0 Å². The van der Waals surface area contributed by atoms with Gasteiger partial charge in [0.05, 0.1) is 23.3 Å². The first-order valence-corrected chi connectivity index (χ1v) is 6.66. The summed E-state index contributed by atoms with van der Waals surface area (Å²) in [5.41, 5.74) is 8.77. The van der Waals surface area contributed by atoms with E-state index in [0.29, 0.717) is 6.04 Å². The van der Waals surface area contributed by atoms with Gasteiger partial charge in [-0.15, -0.1) is 0 Å². The molecule has 2 heterocycles. The summed E-state index contributed by atoms with van der Waals surface area (Å²) in [5.74, 6) is 0. The van der Waals surface area contributed by atoms with Gasteiger partial charge < -0.3 is 15.4 Å². The molecule has 0 saturated carbocycles. The molecule has 1 saturated heterocycles. The number of pyridine rings is 1. The number of fused-ring (bicyclic) bond motifs is 1. The summed E-state index contributed by atoms with van der Waals surface area (Å²) in [7, 11) is 2.12. The molecule has 1 fully saturated rings. The molecule has 4 heteroatoms. The quantitative estimate of drug-likeness (QED) is 0.839. The summed E-state index contributed by atoms with van der Waals surface area (Å²) < 4.78 is 5.66. The number of rotatable bonds is 2. The molecule has 2 unspecified atom stereocenters. The Morgan fingerprint density at radius 2 is 2.21 bits per heavy atom. The lowest BCUT2D eigenvalue weighted by Gasteiger charge is -2.29. The third kappa shape index (κ3) is 2.02. The Hall–Kier alpha value is -1.81. The maximum absolute atomic E-state index is 6.00. The molecule has 1 aromatic carbocycles. The van der Waals surface area contributed by atoms with Gasteiger partial charge >= 0.3 is 0 Å². The van der Waals surface area contributed by atoms with E-state index in [4.69, 9.17) is 10.5 Å². The molecule has 2 atom stereocenters. The summed E-state index contributed by atoms with van der Waals surface area (Å²) in [4.78, 5) is 6.68. The van der Waals surface area contributed by atoms with Gasteiger partial charge in [0.1, 0.15) is 0 Å². The molecular formula is C15H19N3O. The molecule has 0 radical (unpaired) electrons. The maximum Gasteiger partial charge on any atom is 0.0951 e. The summed E-state index contributed by atoms with van der Waals surface area (Å²) >= 11 is 0. The summed E-state index contributed by atoms with van der Waals surface area (Å²) in [6.07, 6.45) is 3.14. The summed E-state index contributed by atoms with van der Waals surface area (Å²) in [5, 5.41) is 1.10. The Balaban J connectivity index is 2.07. The van der Waals surface area contributed by atoms with Crippen LogP contribution in [0.1, 0.15) is 13.3 Å². The molecule has 0 amide bonds. The number of nitrogens with zero attached hydrogens (tertiary/aromatic N) is 2. The van der Waals surface area contributed by atoms with Crippen LogP contribution in [0, 0.1) is 0 Å². The van der Waals surface area contributed by atoms with Crippen LogP contribution in [0.2, 0.25) is 0 Å². The zero-order valence-electron chi connectivity index (χ0n) is 11.3. The lowest BCUT2D eigenvalue weighted by molar-refractivity contribution is 0.118. The Kier molecular flexibility index (Phi) is 3.03. The Morgan fingerprint density at radius 1 is 1.37 bits per heavy atom. The van der Waals surface area contributed by atoms with Gasteiger partial charge in [0.2, 0.25) is 0 Å². The Morgan fingerprint density at radius 3 is 2.95 bits per heavy atom. The number of ether oxygens (including phenoxy) is 1. The van der Waals surface area contributed by atoms with Crippen LogP contribution >= 0.6 is 0 Å². The van der Waals surface area contributed by atoms with E-state index in [2.05, 4.69) is 29.9 Å². The van der Waals surface area contributed by atoms with Crippen LogP contribution in [0.4, 0.5) is 11.4 Å². The van der Waals surface area contributed by atoms with Crippen molar-refractivity contribution in [2.24, 2.45) is 0 Å². The average Bonchev–Trinajstić information content (AvgIpc) is 2.84. The highest BCUT2D eigenvalue weighted by Gasteiger charge is 2.28. The number of hydrogen-bond donors (Lipinski definition) is 1. The first-order chi connectivity index (χ1) is 9.18. The number of anilines is 2. The highest BCUT2D eigenvalue weighted by atomic mass is 16.5. The first kappa shape index (κ1) is 12.2. The number of hydrogen-bond acceptors (Lipinski definition) is 4. The molecule has 0 spiro atoms. The smallest absolute Gasteiger partial charge is 0.0951 e. The van der Waals surface area contributed by atoms with Gasteiger partial charge in [-0.25, -0.2) is 0 Å². The minimum absolute atomic E-state index is 0.259. The van der Waals surface area contributed by atoms with Gasteiger partial charge in [-0.2, -0.15) is 0 Å². The van der Waals surface area contributed by atoms with E-state index in [1.165, 1.54) is 5.69 Å². The van der Waals surface area contributed by atoms with E-state index in [-0.39, 0.29) is 6.10 Å². The number of para-hydroxylation sites is 1. The van der Waals surface area contributed by atoms with Crippen molar-refractivity contribution in [2.75, 3.05) is 24.3 Å². The maximum atomic E-state index is 6.00. The molecule has 0 bridgehead atoms. The normalized spacial score (nSPS) is 22.8. The van der Waals surface area contributed by atoms with E-state index >= 15 is 0 Å². The van der Waals surface area contributed by atoms with E-state index < -0.39 is 0 Å². The Bertz CT molecular complexity index is 599. The van der Waals surface area contributed by atoms with E-state index in [0.717, 1.165) is 29.6 Å². The Labute approximate surface area is 113 Å². The number of likely N-dealkylation sites (N-methyl/N-ethyl adjacent to an activating group) is 1. The minimum Gasteiger partial charge on any atom is -0.397 e. The zero-order valence-corrected chi connectivity index (χ0v) is 11.3. The van der Waals surface area contributed by atoms with Gasteiger partial charge in [-0.1, -0.05) is 12.1 Å². The van der Waals surface area contributed by atoms with Gasteiger partial charge in [0.15, 0.2) is 0 Å². The first-order valence-electron chi connectivity index (χ1n) is 6.66. The van der Waals surface area contributed by atoms with Crippen molar-refractivity contribution in [1.82, 2.24) is 4.98 Å². The SMILES string of the molecule is CC1OCCC1N(C)c1ccnc2c(N)cccc12. The van der Waals surface area contributed by atoms with Crippen molar-refractivity contribution >= 4 is 22.3 Å². The molecule has 4 nitrogen and oxygen atoms in total. The van der Waals surface area contributed by atoms with Crippen LogP contribution < -0.4 is 10.6 Å². The van der Waals surface area contributed by atoms with Gasteiger partial charge in [0.25, 0.3) is 0 Å². The number of nitrogens with two attached hydrogens (primary N) is 1. The molecule has 2 N–H and O–H groups in total. The van der Waals surface area contributed by atoms with Crippen LogP contribution in [0.15, 0.2) is 30.5 Å². The number of aromatic nitrogens is 1. The fraction of sp³-hybridized carbons (Fsp3) is 0.400. The molecule has 19 heavy (non-hydrogen) atoms. The molecule has 0 aliphatic carbocycles. The molecular weight excluding hydrogens is 238 g/mol. The van der Waals surface area contributed by atoms with Crippen LogP contribution in [0.5, 0.6) is 0 Å². The van der Waals surface area contributed by atoms with Crippen molar-refractivity contribution in [1.29, 1.82) is 0 Å². The third-order valence-corrected chi connectivity index (χ3v) is 3.99. The standard InChI is InChI=1S/C15H19N3O/c1-10-13(7-9-19-10)18(2)14-6-8-17-15-11(14)4-3-5-12(15)16/h3-6,8,10,13H,7,9,16H2,1-2H3. The van der Waals surface area contributed by atoms with Crippen LogP contribution in [-0.4, -0.2) is 30.8 Å². The highest BCUT2D eigenvalue weighted by Crippen LogP contribution is 2.31. The van der Waals surface area contributed by atoms with Crippen molar-refractivity contribution in [3.63, 3.8) is 0 Å². The van der Waals surface area contributed by atoms with Crippen molar-refractivity contribution in [2.45, 2.75) is 25.5 Å². The lowest BCUT2D eigenvalue weighted by Crippen LogP contribution is -2.36. The molecule has 2 aromatic rings. The van der Waals surface area contributed by atoms with Crippen LogP contribution in [-0.2, 0) is 4.74 Å². The molecule has 3 rings (SSSR count). The number of nitrogen functional groups attached to an aromatic ring is 1. The second kappa shape index (κ2) is 4.70. The van der Waals surface area contributed by atoms with Gasteiger partial charge in [-0.05, 0) is 25.5 Å². The monoisotopic (exact) mass is 257 g/mol. The predicted octanol–water partition coefficient (Wildman–Crippen LogP) is 2.43. The highest BCUT2D eigenvalue weighted by molar-refractivity contribution is 5.98. The largest absolute Gasteiger partial charge is 0.397 e. The summed E-state index contributed by atoms with van der Waals surface area (Å²) in [6.45, 7) is 2.97. The van der Waals surface area contributed by atoms with Crippen molar-refractivity contribution < 1.29 is 4.74 Å². The van der Waals surface area contributed by atoms with Crippen molar-refractivity contribution in [3.05, 3.63) is 30.5 Å². The van der Waals surface area contributed by atoms with E-state index in [1.54, 1.807) is 0 Å². The fourth-order valence-corrected chi connectivity index (χ4v) is 2.90. The molecule has 100 valence electrons. The number of benzene rings is 1. The average molecular weight is 257 g/mol. The summed E-state index contributed by atoms with van der Waals surface area (Å²) in [6, 6.07) is 8.40. The van der Waals surface area contributed by atoms with Gasteiger partial charge in [-0.3, -0.25) is 4.98 Å². The predicted molar refractivity (Wildman–Crippen MR) is 78.4 cm³/mol. The zero-order chi connectivity index (χ0) is 13.4. The van der Waals surface area contributed by atoms with Crippen LogP contribution in [0.25, 0.3) is 10.9 Å². The van der Waals surface area contributed by atoms with E-state index in [9.17, 15) is 0 Å².